The van der Waals surface area contributed by atoms with Gasteiger partial charge in [0.25, 0.3) is 0 Å². The number of hydrogen-bond donors (Lipinski definition) is 0. The third-order valence-electron chi connectivity index (χ3n) is 6.59. The molecule has 2 aromatic rings. The molecule has 0 N–H and O–H groups in total. The molecule has 1 atom stereocenters. The van der Waals surface area contributed by atoms with Crippen molar-refractivity contribution in [2.75, 3.05) is 98.3 Å². The minimum Gasteiger partial charge on any atom is -0.495 e. The van der Waals surface area contributed by atoms with E-state index in [0.717, 1.165) is 11.6 Å². The maximum atomic E-state index is 13.7. The van der Waals surface area contributed by atoms with Crippen LogP contribution in [-0.4, -0.2) is 99.5 Å². The number of allylic oxidation sites excluding steroid dienone is 1. The highest BCUT2D eigenvalue weighted by molar-refractivity contribution is 9.10. The summed E-state index contributed by atoms with van der Waals surface area (Å²) >= 11 is 3.02. The molecule has 1 unspecified atom stereocenters. The molecule has 0 radical (unpaired) electrons. The molecule has 3 rings (SSSR count). The van der Waals surface area contributed by atoms with Gasteiger partial charge in [-0.05, 0) is 36.2 Å². The predicted octanol–water partition coefficient (Wildman–Crippen LogP) is 5.56. The number of alkyl halides is 3. The lowest BCUT2D eigenvalue weighted by Gasteiger charge is -2.28. The standard InChI is InChI=1S/C31H41BrF3NO8/c1-4-5-23-6-7-28(30(18-23)38-3)44-22-24-21-42-15-14-41-13-12-39-10-8-36(9-11-40-16-17-43-24)27-19-25(31(33,34)35)26(32)20-29(27)37-2/h4,6-7,18-20,24H,1,5,8-17,21-22H2,2-3H3. The fraction of sp³-hybridized carbons (Fsp3) is 0.548. The van der Waals surface area contributed by atoms with Crippen LogP contribution in [0.4, 0.5) is 18.9 Å². The van der Waals surface area contributed by atoms with E-state index in [0.29, 0.717) is 68.9 Å². The van der Waals surface area contributed by atoms with Crippen molar-refractivity contribution in [2.45, 2.75) is 18.7 Å². The summed E-state index contributed by atoms with van der Waals surface area (Å²) < 4.78 is 86.7. The van der Waals surface area contributed by atoms with Crippen molar-refractivity contribution in [1.82, 2.24) is 0 Å². The zero-order valence-corrected chi connectivity index (χ0v) is 26.8. The van der Waals surface area contributed by atoms with Crippen LogP contribution in [0.25, 0.3) is 0 Å². The van der Waals surface area contributed by atoms with Gasteiger partial charge in [0.2, 0.25) is 0 Å². The Balaban J connectivity index is 1.64. The Hall–Kier alpha value is -2.55. The summed E-state index contributed by atoms with van der Waals surface area (Å²) in [7, 11) is 3.00. The van der Waals surface area contributed by atoms with E-state index >= 15 is 0 Å². The molecule has 1 aliphatic rings. The van der Waals surface area contributed by atoms with E-state index in [1.807, 2.05) is 24.3 Å². The van der Waals surface area contributed by atoms with E-state index in [-0.39, 0.29) is 44.1 Å². The van der Waals surface area contributed by atoms with Crippen LogP contribution in [0.2, 0.25) is 0 Å². The van der Waals surface area contributed by atoms with Crippen LogP contribution in [0.15, 0.2) is 47.5 Å². The molecular weight excluding hydrogens is 651 g/mol. The summed E-state index contributed by atoms with van der Waals surface area (Å²) in [6.45, 7) is 7.27. The average molecular weight is 693 g/mol. The number of nitrogens with zero attached hydrogens (tertiary/aromatic N) is 1. The monoisotopic (exact) mass is 691 g/mol. The number of methoxy groups -OCH3 is 2. The van der Waals surface area contributed by atoms with Crippen molar-refractivity contribution in [2.24, 2.45) is 0 Å². The van der Waals surface area contributed by atoms with E-state index in [1.165, 1.54) is 13.2 Å². The number of ether oxygens (including phenoxy) is 8. The predicted molar refractivity (Wildman–Crippen MR) is 163 cm³/mol. The molecular formula is C31H41BrF3NO8. The Morgan fingerprint density at radius 3 is 2.14 bits per heavy atom. The smallest absolute Gasteiger partial charge is 0.417 e. The average Bonchev–Trinajstić information content (AvgIpc) is 3.00. The number of hydrogen-bond acceptors (Lipinski definition) is 9. The van der Waals surface area contributed by atoms with Crippen LogP contribution in [-0.2, 0) is 36.3 Å². The molecule has 0 aliphatic carbocycles. The van der Waals surface area contributed by atoms with Gasteiger partial charge in [0, 0.05) is 17.6 Å². The maximum Gasteiger partial charge on any atom is 0.417 e. The second-order valence-electron chi connectivity index (χ2n) is 9.68. The first-order valence-electron chi connectivity index (χ1n) is 14.3. The highest BCUT2D eigenvalue weighted by Crippen LogP contribution is 2.41. The van der Waals surface area contributed by atoms with Gasteiger partial charge in [-0.2, -0.15) is 13.2 Å². The molecule has 0 spiro atoms. The van der Waals surface area contributed by atoms with Crippen LogP contribution in [0.1, 0.15) is 11.1 Å². The van der Waals surface area contributed by atoms with Crippen molar-refractivity contribution in [1.29, 1.82) is 0 Å². The molecule has 1 aliphatic heterocycles. The van der Waals surface area contributed by atoms with Crippen LogP contribution >= 0.6 is 15.9 Å². The summed E-state index contributed by atoms with van der Waals surface area (Å²) in [6, 6.07) is 8.11. The molecule has 44 heavy (non-hydrogen) atoms. The van der Waals surface area contributed by atoms with Crippen LogP contribution in [0.5, 0.6) is 17.2 Å². The molecule has 2 aromatic carbocycles. The van der Waals surface area contributed by atoms with Crippen molar-refractivity contribution >= 4 is 21.6 Å². The Labute approximate surface area is 265 Å². The largest absolute Gasteiger partial charge is 0.495 e. The number of rotatable bonds is 8. The summed E-state index contributed by atoms with van der Waals surface area (Å²) in [5.41, 5.74) is 0.553. The maximum absolute atomic E-state index is 13.7. The van der Waals surface area contributed by atoms with Gasteiger partial charge in [-0.1, -0.05) is 28.1 Å². The van der Waals surface area contributed by atoms with Crippen molar-refractivity contribution in [3.05, 3.63) is 58.6 Å². The zero-order chi connectivity index (χ0) is 31.8. The van der Waals surface area contributed by atoms with Gasteiger partial charge >= 0.3 is 6.18 Å². The van der Waals surface area contributed by atoms with E-state index < -0.39 is 17.8 Å². The summed E-state index contributed by atoms with van der Waals surface area (Å²) in [4.78, 5) is 1.75. The molecule has 1 saturated heterocycles. The van der Waals surface area contributed by atoms with E-state index in [4.69, 9.17) is 37.9 Å². The van der Waals surface area contributed by atoms with Gasteiger partial charge in [0.05, 0.1) is 84.9 Å². The summed E-state index contributed by atoms with van der Waals surface area (Å²) in [6.07, 6.45) is -2.40. The number of halogens is 4. The number of benzene rings is 2. The minimum absolute atomic E-state index is 0.0977. The first-order valence-corrected chi connectivity index (χ1v) is 15.1. The Kier molecular flexibility index (Phi) is 15.6. The fourth-order valence-electron chi connectivity index (χ4n) is 4.36. The molecule has 0 amide bonds. The summed E-state index contributed by atoms with van der Waals surface area (Å²) in [5, 5.41) is 0. The Morgan fingerprint density at radius 2 is 1.50 bits per heavy atom. The Morgan fingerprint density at radius 1 is 0.864 bits per heavy atom. The SMILES string of the molecule is C=CCc1ccc(OCC2COCCOCCOCCN(c3cc(C(F)(F)F)c(Br)cc3OC)CCOCCO2)c(OC)c1. The zero-order valence-electron chi connectivity index (χ0n) is 25.2. The molecule has 0 saturated carbocycles. The van der Waals surface area contributed by atoms with E-state index in [9.17, 15) is 13.2 Å². The number of anilines is 1. The molecule has 246 valence electrons. The molecule has 0 bridgehead atoms. The molecule has 0 aromatic heterocycles. The first-order chi connectivity index (χ1) is 21.3. The lowest BCUT2D eigenvalue weighted by Crippen LogP contribution is -2.33. The molecule has 13 heteroatoms. The van der Waals surface area contributed by atoms with Crippen molar-refractivity contribution in [3.63, 3.8) is 0 Å². The van der Waals surface area contributed by atoms with E-state index in [1.54, 1.807) is 12.0 Å². The van der Waals surface area contributed by atoms with E-state index in [2.05, 4.69) is 22.5 Å². The van der Waals surface area contributed by atoms with Crippen LogP contribution in [0, 0.1) is 0 Å². The highest BCUT2D eigenvalue weighted by atomic mass is 79.9. The topological polar surface area (TPSA) is 77.1 Å². The lowest BCUT2D eigenvalue weighted by atomic mass is 10.1. The first kappa shape index (κ1) is 35.9. The van der Waals surface area contributed by atoms with Gasteiger partial charge in [-0.3, -0.25) is 0 Å². The van der Waals surface area contributed by atoms with Gasteiger partial charge in [-0.25, -0.2) is 0 Å². The van der Waals surface area contributed by atoms with Crippen LogP contribution < -0.4 is 19.1 Å². The normalized spacial score (nSPS) is 18.6. The van der Waals surface area contributed by atoms with Crippen molar-refractivity contribution in [3.8, 4) is 17.2 Å². The molecule has 1 heterocycles. The fourth-order valence-corrected chi connectivity index (χ4v) is 4.90. The Bertz CT molecular complexity index is 1150. The lowest BCUT2D eigenvalue weighted by molar-refractivity contribution is -0.138. The third-order valence-corrected chi connectivity index (χ3v) is 7.24. The quantitative estimate of drug-likeness (QED) is 0.331. The van der Waals surface area contributed by atoms with Gasteiger partial charge in [0.1, 0.15) is 18.5 Å². The third kappa shape index (κ3) is 11.8. The minimum atomic E-state index is -4.54. The van der Waals surface area contributed by atoms with Crippen molar-refractivity contribution < 1.29 is 51.1 Å². The van der Waals surface area contributed by atoms with Gasteiger partial charge in [-0.15, -0.1) is 6.58 Å². The molecule has 1 fully saturated rings. The molecule has 9 nitrogen and oxygen atoms in total. The second kappa shape index (κ2) is 19.1. The van der Waals surface area contributed by atoms with Gasteiger partial charge in [0.15, 0.2) is 11.5 Å². The highest BCUT2D eigenvalue weighted by Gasteiger charge is 2.34. The summed E-state index contributed by atoms with van der Waals surface area (Å²) in [5.74, 6) is 1.49. The van der Waals surface area contributed by atoms with Gasteiger partial charge < -0.3 is 42.8 Å². The van der Waals surface area contributed by atoms with Crippen LogP contribution in [0.3, 0.4) is 0 Å². The second-order valence-corrected chi connectivity index (χ2v) is 10.5.